The molecule has 0 saturated carbocycles. The summed E-state index contributed by atoms with van der Waals surface area (Å²) in [6.07, 6.45) is 0.227. The molecule has 0 aliphatic carbocycles. The van der Waals surface area contributed by atoms with Crippen molar-refractivity contribution in [3.05, 3.63) is 68.4 Å². The Hall–Kier alpha value is -1.48. The molecule has 0 bridgehead atoms. The van der Waals surface area contributed by atoms with Crippen LogP contribution in [0.5, 0.6) is 0 Å². The van der Waals surface area contributed by atoms with Gasteiger partial charge < -0.3 is 0 Å². The first-order chi connectivity index (χ1) is 9.40. The first-order valence-electron chi connectivity index (χ1n) is 6.44. The third-order valence-electron chi connectivity index (χ3n) is 3.43. The van der Waals surface area contributed by atoms with Gasteiger partial charge in [-0.05, 0) is 65.5 Å². The van der Waals surface area contributed by atoms with E-state index >= 15 is 0 Å². The van der Waals surface area contributed by atoms with Crippen LogP contribution in [0.15, 0.2) is 34.8 Å². The molecule has 0 radical (unpaired) electrons. The number of aryl methyl sites for hydroxylation is 3. The molecule has 2 aromatic rings. The summed E-state index contributed by atoms with van der Waals surface area (Å²) < 4.78 is 14.3. The van der Waals surface area contributed by atoms with E-state index < -0.39 is 5.82 Å². The summed E-state index contributed by atoms with van der Waals surface area (Å²) in [4.78, 5) is 12.3. The summed E-state index contributed by atoms with van der Waals surface area (Å²) in [7, 11) is 0. The van der Waals surface area contributed by atoms with E-state index in [4.69, 9.17) is 0 Å². The van der Waals surface area contributed by atoms with Crippen LogP contribution in [0.4, 0.5) is 4.39 Å². The van der Waals surface area contributed by atoms with Crippen molar-refractivity contribution in [2.45, 2.75) is 27.2 Å². The highest BCUT2D eigenvalue weighted by Crippen LogP contribution is 2.22. The van der Waals surface area contributed by atoms with Gasteiger partial charge in [0.15, 0.2) is 5.78 Å². The molecule has 0 unspecified atom stereocenters. The van der Waals surface area contributed by atoms with Gasteiger partial charge in [-0.1, -0.05) is 23.8 Å². The minimum absolute atomic E-state index is 0.138. The van der Waals surface area contributed by atoms with Gasteiger partial charge in [0.05, 0.1) is 10.0 Å². The molecule has 3 heteroatoms. The fourth-order valence-electron chi connectivity index (χ4n) is 2.46. The van der Waals surface area contributed by atoms with Crippen molar-refractivity contribution in [2.24, 2.45) is 0 Å². The molecule has 0 aliphatic rings. The number of carbonyl (C=O) groups is 1. The zero-order chi connectivity index (χ0) is 14.9. The van der Waals surface area contributed by atoms with Gasteiger partial charge in [-0.15, -0.1) is 0 Å². The molecule has 0 aliphatic heterocycles. The fourth-order valence-corrected chi connectivity index (χ4v) is 2.83. The third-order valence-corrected chi connectivity index (χ3v) is 4.04. The summed E-state index contributed by atoms with van der Waals surface area (Å²) in [6.45, 7) is 6.00. The van der Waals surface area contributed by atoms with E-state index in [1.165, 1.54) is 11.6 Å². The largest absolute Gasteiger partial charge is 0.294 e. The zero-order valence-corrected chi connectivity index (χ0v) is 13.3. The van der Waals surface area contributed by atoms with Crippen molar-refractivity contribution < 1.29 is 9.18 Å². The molecule has 0 aromatic heterocycles. The summed E-state index contributed by atoms with van der Waals surface area (Å²) >= 11 is 3.11. The first-order valence-corrected chi connectivity index (χ1v) is 7.23. The zero-order valence-electron chi connectivity index (χ0n) is 11.8. The van der Waals surface area contributed by atoms with Gasteiger partial charge in [0.1, 0.15) is 5.82 Å². The van der Waals surface area contributed by atoms with Crippen LogP contribution in [-0.4, -0.2) is 5.78 Å². The van der Waals surface area contributed by atoms with Crippen LogP contribution in [-0.2, 0) is 6.42 Å². The average molecular weight is 335 g/mol. The second kappa shape index (κ2) is 5.88. The Morgan fingerprint density at radius 1 is 1.15 bits per heavy atom. The lowest BCUT2D eigenvalue weighted by Crippen LogP contribution is -2.09. The lowest BCUT2D eigenvalue weighted by Gasteiger charge is -2.11. The Morgan fingerprint density at radius 2 is 1.75 bits per heavy atom. The molecule has 0 fully saturated rings. The Balaban J connectivity index is 2.36. The molecule has 0 spiro atoms. The van der Waals surface area contributed by atoms with Crippen molar-refractivity contribution in [2.75, 3.05) is 0 Å². The van der Waals surface area contributed by atoms with Gasteiger partial charge in [-0.25, -0.2) is 4.39 Å². The quantitative estimate of drug-likeness (QED) is 0.726. The highest BCUT2D eigenvalue weighted by atomic mass is 79.9. The Morgan fingerprint density at radius 3 is 2.35 bits per heavy atom. The van der Waals surface area contributed by atoms with E-state index in [-0.39, 0.29) is 17.8 Å². The molecule has 0 heterocycles. The van der Waals surface area contributed by atoms with Crippen molar-refractivity contribution >= 4 is 21.7 Å². The fraction of sp³-hybridized carbons (Fsp3) is 0.235. The summed E-state index contributed by atoms with van der Waals surface area (Å²) in [5, 5.41) is 0. The minimum atomic E-state index is -0.486. The lowest BCUT2D eigenvalue weighted by atomic mass is 9.94. The van der Waals surface area contributed by atoms with E-state index in [0.717, 1.165) is 16.7 Å². The minimum Gasteiger partial charge on any atom is -0.294 e. The van der Waals surface area contributed by atoms with Crippen LogP contribution in [0.2, 0.25) is 0 Å². The molecule has 104 valence electrons. The predicted molar refractivity (Wildman–Crippen MR) is 82.8 cm³/mol. The molecular formula is C17H16BrFO. The number of Topliss-reactive ketones (excluding diaryl/α,β-unsaturated/α-hetero) is 1. The van der Waals surface area contributed by atoms with Gasteiger partial charge in [0, 0.05) is 6.42 Å². The number of hydrogen-bond acceptors (Lipinski definition) is 1. The third kappa shape index (κ3) is 2.98. The SMILES string of the molecule is Cc1cc(C)c(CC(=O)c2cccc(Br)c2F)c(C)c1. The lowest BCUT2D eigenvalue weighted by molar-refractivity contribution is 0.0988. The van der Waals surface area contributed by atoms with Crippen LogP contribution in [0.1, 0.15) is 32.6 Å². The molecular weight excluding hydrogens is 319 g/mol. The summed E-state index contributed by atoms with van der Waals surface area (Å²) in [5.74, 6) is -0.682. The average Bonchev–Trinajstić information content (AvgIpc) is 2.36. The van der Waals surface area contributed by atoms with Crippen molar-refractivity contribution in [1.29, 1.82) is 0 Å². The second-order valence-corrected chi connectivity index (χ2v) is 5.93. The maximum Gasteiger partial charge on any atom is 0.170 e. The number of halogens is 2. The second-order valence-electron chi connectivity index (χ2n) is 5.08. The normalized spacial score (nSPS) is 10.7. The predicted octanol–water partition coefficient (Wildman–Crippen LogP) is 4.94. The van der Waals surface area contributed by atoms with E-state index in [1.807, 2.05) is 32.9 Å². The maximum absolute atomic E-state index is 14.0. The van der Waals surface area contributed by atoms with E-state index in [1.54, 1.807) is 12.1 Å². The van der Waals surface area contributed by atoms with Crippen LogP contribution in [0.25, 0.3) is 0 Å². The number of ketones is 1. The summed E-state index contributed by atoms with van der Waals surface area (Å²) in [5.41, 5.74) is 4.45. The molecule has 0 N–H and O–H groups in total. The molecule has 0 amide bonds. The molecule has 20 heavy (non-hydrogen) atoms. The molecule has 1 nitrogen and oxygen atoms in total. The van der Waals surface area contributed by atoms with Crippen LogP contribution < -0.4 is 0 Å². The highest BCUT2D eigenvalue weighted by Gasteiger charge is 2.16. The molecule has 0 atom stereocenters. The van der Waals surface area contributed by atoms with E-state index in [0.29, 0.717) is 4.47 Å². The Labute approximate surface area is 127 Å². The van der Waals surface area contributed by atoms with Crippen molar-refractivity contribution in [3.8, 4) is 0 Å². The summed E-state index contributed by atoms with van der Waals surface area (Å²) in [6, 6.07) is 8.89. The molecule has 2 rings (SSSR count). The number of rotatable bonds is 3. The number of carbonyl (C=O) groups excluding carboxylic acids is 1. The van der Waals surface area contributed by atoms with Crippen molar-refractivity contribution in [3.63, 3.8) is 0 Å². The van der Waals surface area contributed by atoms with E-state index in [9.17, 15) is 9.18 Å². The van der Waals surface area contributed by atoms with Gasteiger partial charge in [-0.3, -0.25) is 4.79 Å². The van der Waals surface area contributed by atoms with Gasteiger partial charge in [0.2, 0.25) is 0 Å². The molecule has 0 saturated heterocycles. The highest BCUT2D eigenvalue weighted by molar-refractivity contribution is 9.10. The van der Waals surface area contributed by atoms with Gasteiger partial charge in [0.25, 0.3) is 0 Å². The Bertz CT molecular complexity index is 654. The van der Waals surface area contributed by atoms with Gasteiger partial charge >= 0.3 is 0 Å². The standard InChI is InChI=1S/C17H16BrFO/c1-10-7-11(2)14(12(3)8-10)9-16(20)13-5-4-6-15(18)17(13)19/h4-8H,9H2,1-3H3. The monoisotopic (exact) mass is 334 g/mol. The number of benzene rings is 2. The van der Waals surface area contributed by atoms with Crippen molar-refractivity contribution in [1.82, 2.24) is 0 Å². The molecule has 2 aromatic carbocycles. The number of hydrogen-bond donors (Lipinski definition) is 0. The van der Waals surface area contributed by atoms with Crippen LogP contribution in [0, 0.1) is 26.6 Å². The topological polar surface area (TPSA) is 17.1 Å². The maximum atomic E-state index is 14.0. The smallest absolute Gasteiger partial charge is 0.170 e. The van der Waals surface area contributed by atoms with Gasteiger partial charge in [-0.2, -0.15) is 0 Å². The first kappa shape index (κ1) is 14.9. The Kier molecular flexibility index (Phi) is 4.39. The van der Waals surface area contributed by atoms with Crippen LogP contribution in [0.3, 0.4) is 0 Å². The van der Waals surface area contributed by atoms with Crippen LogP contribution >= 0.6 is 15.9 Å². The van der Waals surface area contributed by atoms with E-state index in [2.05, 4.69) is 15.9 Å².